The van der Waals surface area contributed by atoms with Crippen molar-refractivity contribution in [3.63, 3.8) is 0 Å². The van der Waals surface area contributed by atoms with Gasteiger partial charge in [-0.1, -0.05) is 60.7 Å². The van der Waals surface area contributed by atoms with Gasteiger partial charge in [-0.3, -0.25) is 4.79 Å². The summed E-state index contributed by atoms with van der Waals surface area (Å²) in [7, 11) is 0. The van der Waals surface area contributed by atoms with Gasteiger partial charge in [0.05, 0.1) is 5.92 Å². The van der Waals surface area contributed by atoms with Crippen molar-refractivity contribution in [1.82, 2.24) is 15.3 Å². The summed E-state index contributed by atoms with van der Waals surface area (Å²) in [6.45, 7) is 5.12. The first kappa shape index (κ1) is 20.8. The zero-order valence-electron chi connectivity index (χ0n) is 17.9. The zero-order chi connectivity index (χ0) is 21.5. The molecule has 160 valence electrons. The molecule has 4 rings (SSSR count). The average Bonchev–Trinajstić information content (AvgIpc) is 3.33. The number of anilines is 2. The lowest BCUT2D eigenvalue weighted by Crippen LogP contribution is -2.33. The number of benzene rings is 2. The van der Waals surface area contributed by atoms with Crippen LogP contribution in [0.4, 0.5) is 11.6 Å². The summed E-state index contributed by atoms with van der Waals surface area (Å²) < 4.78 is 0. The van der Waals surface area contributed by atoms with Gasteiger partial charge in [-0.15, -0.1) is 0 Å². The lowest BCUT2D eigenvalue weighted by molar-refractivity contribution is -0.121. The van der Waals surface area contributed by atoms with Crippen LogP contribution in [-0.4, -0.2) is 42.1 Å². The van der Waals surface area contributed by atoms with E-state index in [0.717, 1.165) is 41.7 Å². The molecule has 31 heavy (non-hydrogen) atoms. The van der Waals surface area contributed by atoms with Gasteiger partial charge in [0.1, 0.15) is 17.5 Å². The number of aromatic nitrogens is 2. The second-order valence-electron chi connectivity index (χ2n) is 7.82. The Morgan fingerprint density at radius 2 is 1.55 bits per heavy atom. The van der Waals surface area contributed by atoms with Crippen LogP contribution in [0.25, 0.3) is 0 Å². The lowest BCUT2D eigenvalue weighted by atomic mass is 9.90. The van der Waals surface area contributed by atoms with E-state index >= 15 is 0 Å². The van der Waals surface area contributed by atoms with Crippen molar-refractivity contribution in [2.75, 3.05) is 36.4 Å². The summed E-state index contributed by atoms with van der Waals surface area (Å²) >= 11 is 0. The molecule has 1 aliphatic rings. The van der Waals surface area contributed by atoms with Crippen molar-refractivity contribution in [1.29, 1.82) is 0 Å². The van der Waals surface area contributed by atoms with Gasteiger partial charge < -0.3 is 15.5 Å². The van der Waals surface area contributed by atoms with Crippen LogP contribution in [0, 0.1) is 6.92 Å². The summed E-state index contributed by atoms with van der Waals surface area (Å²) in [5.41, 5.74) is 1.97. The number of carbonyl (C=O) groups is 1. The minimum absolute atomic E-state index is 0.00387. The Bertz CT molecular complexity index is 948. The Morgan fingerprint density at radius 1 is 0.935 bits per heavy atom. The highest BCUT2D eigenvalue weighted by Gasteiger charge is 2.22. The maximum atomic E-state index is 13.1. The van der Waals surface area contributed by atoms with Crippen LogP contribution < -0.4 is 15.5 Å². The van der Waals surface area contributed by atoms with Gasteiger partial charge in [0.25, 0.3) is 0 Å². The van der Waals surface area contributed by atoms with E-state index in [0.29, 0.717) is 13.1 Å². The molecule has 6 nitrogen and oxygen atoms in total. The van der Waals surface area contributed by atoms with Gasteiger partial charge in [-0.05, 0) is 30.9 Å². The number of hydrogen-bond acceptors (Lipinski definition) is 5. The van der Waals surface area contributed by atoms with Crippen LogP contribution in [0.1, 0.15) is 35.7 Å². The highest BCUT2D eigenvalue weighted by atomic mass is 16.1. The number of nitrogens with one attached hydrogen (secondary N) is 2. The maximum Gasteiger partial charge on any atom is 0.232 e. The predicted octanol–water partition coefficient (Wildman–Crippen LogP) is 3.75. The average molecular weight is 416 g/mol. The number of rotatable bonds is 8. The summed E-state index contributed by atoms with van der Waals surface area (Å²) in [4.78, 5) is 24.4. The fraction of sp³-hybridized carbons (Fsp3) is 0.320. The first-order chi connectivity index (χ1) is 15.2. The zero-order valence-corrected chi connectivity index (χ0v) is 17.9. The van der Waals surface area contributed by atoms with Crippen LogP contribution in [0.5, 0.6) is 0 Å². The summed E-state index contributed by atoms with van der Waals surface area (Å²) in [5.74, 6) is 2.20. The van der Waals surface area contributed by atoms with Crippen molar-refractivity contribution in [2.45, 2.75) is 25.7 Å². The summed E-state index contributed by atoms with van der Waals surface area (Å²) in [5, 5.41) is 6.41. The normalized spacial score (nSPS) is 13.4. The maximum absolute atomic E-state index is 13.1. The first-order valence-electron chi connectivity index (χ1n) is 10.9. The molecule has 2 aromatic carbocycles. The van der Waals surface area contributed by atoms with E-state index in [9.17, 15) is 4.79 Å². The van der Waals surface area contributed by atoms with E-state index in [1.807, 2.05) is 73.7 Å². The molecule has 0 saturated carbocycles. The lowest BCUT2D eigenvalue weighted by Gasteiger charge is -2.19. The molecule has 0 atom stereocenters. The van der Waals surface area contributed by atoms with E-state index in [4.69, 9.17) is 0 Å². The second kappa shape index (κ2) is 10.1. The van der Waals surface area contributed by atoms with Crippen LogP contribution in [0.3, 0.4) is 0 Å². The molecule has 0 unspecified atom stereocenters. The third kappa shape index (κ3) is 5.40. The monoisotopic (exact) mass is 415 g/mol. The smallest absolute Gasteiger partial charge is 0.232 e. The predicted molar refractivity (Wildman–Crippen MR) is 124 cm³/mol. The first-order valence-corrected chi connectivity index (χ1v) is 10.9. The van der Waals surface area contributed by atoms with Crippen LogP contribution in [-0.2, 0) is 4.79 Å². The number of nitrogens with zero attached hydrogens (tertiary/aromatic N) is 3. The van der Waals surface area contributed by atoms with E-state index in [2.05, 4.69) is 25.5 Å². The Morgan fingerprint density at radius 3 is 2.16 bits per heavy atom. The van der Waals surface area contributed by atoms with Crippen LogP contribution >= 0.6 is 0 Å². The van der Waals surface area contributed by atoms with Gasteiger partial charge >= 0.3 is 0 Å². The summed E-state index contributed by atoms with van der Waals surface area (Å²) in [6.07, 6.45) is 2.42. The van der Waals surface area contributed by atoms with E-state index in [1.54, 1.807) is 0 Å². The van der Waals surface area contributed by atoms with E-state index < -0.39 is 0 Å². The molecule has 0 aliphatic carbocycles. The molecule has 6 heteroatoms. The van der Waals surface area contributed by atoms with Gasteiger partial charge in [-0.25, -0.2) is 9.97 Å². The van der Waals surface area contributed by atoms with Gasteiger partial charge in [0.15, 0.2) is 0 Å². The molecule has 1 saturated heterocycles. The Labute approximate surface area is 183 Å². The van der Waals surface area contributed by atoms with Crippen LogP contribution in [0.2, 0.25) is 0 Å². The van der Waals surface area contributed by atoms with Gasteiger partial charge in [-0.2, -0.15) is 0 Å². The van der Waals surface area contributed by atoms with Crippen molar-refractivity contribution >= 4 is 17.5 Å². The second-order valence-corrected chi connectivity index (χ2v) is 7.82. The van der Waals surface area contributed by atoms with E-state index in [-0.39, 0.29) is 11.8 Å². The van der Waals surface area contributed by atoms with Gasteiger partial charge in [0.2, 0.25) is 5.91 Å². The number of amides is 1. The molecule has 2 heterocycles. The quantitative estimate of drug-likeness (QED) is 0.549. The highest BCUT2D eigenvalue weighted by molar-refractivity contribution is 5.87. The molecule has 1 aromatic heterocycles. The Kier molecular flexibility index (Phi) is 6.77. The van der Waals surface area contributed by atoms with Crippen molar-refractivity contribution in [2.24, 2.45) is 0 Å². The molecular formula is C25H29N5O. The molecule has 0 spiro atoms. The fourth-order valence-corrected chi connectivity index (χ4v) is 4.02. The third-order valence-corrected chi connectivity index (χ3v) is 5.51. The SMILES string of the molecule is Cc1nc(NCCNC(=O)C(c2ccccc2)c2ccccc2)cc(N2CCCC2)n1. The van der Waals surface area contributed by atoms with E-state index in [1.165, 1.54) is 12.8 Å². The molecule has 1 aliphatic heterocycles. The number of aryl methyl sites for hydroxylation is 1. The summed E-state index contributed by atoms with van der Waals surface area (Å²) in [6, 6.07) is 21.8. The highest BCUT2D eigenvalue weighted by Crippen LogP contribution is 2.24. The largest absolute Gasteiger partial charge is 0.368 e. The molecule has 1 fully saturated rings. The molecule has 0 radical (unpaired) electrons. The third-order valence-electron chi connectivity index (χ3n) is 5.51. The van der Waals surface area contributed by atoms with Crippen molar-refractivity contribution in [3.05, 3.63) is 83.7 Å². The fourth-order valence-electron chi connectivity index (χ4n) is 4.02. The number of hydrogen-bond donors (Lipinski definition) is 2. The number of carbonyl (C=O) groups excluding carboxylic acids is 1. The van der Waals surface area contributed by atoms with Crippen molar-refractivity contribution in [3.8, 4) is 0 Å². The topological polar surface area (TPSA) is 70.2 Å². The van der Waals surface area contributed by atoms with Crippen molar-refractivity contribution < 1.29 is 4.79 Å². The standard InChI is InChI=1S/C25H29N5O/c1-19-28-22(18-23(29-19)30-16-8-9-17-30)26-14-15-27-25(31)24(20-10-4-2-5-11-20)21-12-6-3-7-13-21/h2-7,10-13,18,24H,8-9,14-17H2,1H3,(H,27,31)(H,26,28,29). The van der Waals surface area contributed by atoms with Crippen LogP contribution in [0.15, 0.2) is 66.7 Å². The van der Waals surface area contributed by atoms with Gasteiger partial charge in [0, 0.05) is 32.2 Å². The molecule has 1 amide bonds. The minimum Gasteiger partial charge on any atom is -0.368 e. The molecule has 0 bridgehead atoms. The molecule has 3 aromatic rings. The Hall–Kier alpha value is -3.41. The molecule has 2 N–H and O–H groups in total. The Balaban J connectivity index is 1.37. The minimum atomic E-state index is -0.328. The molecular weight excluding hydrogens is 386 g/mol.